The normalized spacial score (nSPS) is 23.8. The Labute approximate surface area is 103 Å². The molecule has 1 aromatic rings. The van der Waals surface area contributed by atoms with Gasteiger partial charge in [0, 0.05) is 18.7 Å². The highest BCUT2D eigenvalue weighted by Crippen LogP contribution is 2.29. The maximum absolute atomic E-state index is 4.52. The zero-order chi connectivity index (χ0) is 12.4. The lowest BCUT2D eigenvalue weighted by molar-refractivity contribution is 0.554. The van der Waals surface area contributed by atoms with Gasteiger partial charge in [-0.05, 0) is 32.6 Å². The smallest absolute Gasteiger partial charge is 0.134 e. The second kappa shape index (κ2) is 4.90. The monoisotopic (exact) mass is 234 g/mol. The van der Waals surface area contributed by atoms with E-state index < -0.39 is 0 Å². The van der Waals surface area contributed by atoms with Gasteiger partial charge in [0.1, 0.15) is 17.5 Å². The van der Waals surface area contributed by atoms with Crippen LogP contribution in [0.25, 0.3) is 0 Å². The van der Waals surface area contributed by atoms with Crippen LogP contribution < -0.4 is 10.6 Å². The van der Waals surface area contributed by atoms with E-state index in [0.717, 1.165) is 28.9 Å². The Morgan fingerprint density at radius 2 is 1.82 bits per heavy atom. The van der Waals surface area contributed by atoms with Crippen LogP contribution in [0, 0.1) is 19.8 Å². The summed E-state index contributed by atoms with van der Waals surface area (Å²) in [4.78, 5) is 8.90. The molecule has 2 rings (SSSR count). The van der Waals surface area contributed by atoms with Crippen molar-refractivity contribution in [2.24, 2.45) is 5.92 Å². The fraction of sp³-hybridized carbons (Fsp3) is 0.692. The number of nitrogens with zero attached hydrogens (tertiary/aromatic N) is 2. The molecule has 17 heavy (non-hydrogen) atoms. The van der Waals surface area contributed by atoms with E-state index in [4.69, 9.17) is 0 Å². The van der Waals surface area contributed by atoms with Crippen LogP contribution in [0.2, 0.25) is 0 Å². The van der Waals surface area contributed by atoms with Gasteiger partial charge in [-0.25, -0.2) is 9.97 Å². The molecule has 0 aromatic carbocycles. The lowest BCUT2D eigenvalue weighted by Crippen LogP contribution is -2.23. The summed E-state index contributed by atoms with van der Waals surface area (Å²) >= 11 is 0. The molecule has 1 saturated carbocycles. The van der Waals surface area contributed by atoms with Gasteiger partial charge >= 0.3 is 0 Å². The number of nitrogens with one attached hydrogen (secondary N) is 2. The van der Waals surface area contributed by atoms with Gasteiger partial charge in [0.05, 0.1) is 0 Å². The number of hydrogen-bond donors (Lipinski definition) is 2. The Morgan fingerprint density at radius 1 is 1.12 bits per heavy atom. The van der Waals surface area contributed by atoms with E-state index in [1.807, 2.05) is 14.0 Å². The van der Waals surface area contributed by atoms with E-state index >= 15 is 0 Å². The fourth-order valence-corrected chi connectivity index (χ4v) is 2.55. The van der Waals surface area contributed by atoms with E-state index in [2.05, 4.69) is 34.4 Å². The molecule has 0 saturated heterocycles. The summed E-state index contributed by atoms with van der Waals surface area (Å²) in [6.45, 7) is 6.31. The summed E-state index contributed by atoms with van der Waals surface area (Å²) in [7, 11) is 1.90. The van der Waals surface area contributed by atoms with Gasteiger partial charge in [0.15, 0.2) is 0 Å². The number of aromatic nitrogens is 2. The Bertz CT molecular complexity index is 403. The zero-order valence-electron chi connectivity index (χ0n) is 11.2. The van der Waals surface area contributed by atoms with E-state index in [1.54, 1.807) is 0 Å². The highest BCUT2D eigenvalue weighted by Gasteiger charge is 2.24. The van der Waals surface area contributed by atoms with Crippen LogP contribution in [0.15, 0.2) is 0 Å². The molecule has 0 spiro atoms. The van der Waals surface area contributed by atoms with Crippen molar-refractivity contribution in [2.45, 2.75) is 46.1 Å². The Hall–Kier alpha value is -1.32. The van der Waals surface area contributed by atoms with Crippen LogP contribution in [-0.2, 0) is 0 Å². The van der Waals surface area contributed by atoms with E-state index in [9.17, 15) is 0 Å². The van der Waals surface area contributed by atoms with Gasteiger partial charge < -0.3 is 10.6 Å². The van der Waals surface area contributed by atoms with E-state index in [-0.39, 0.29) is 0 Å². The van der Waals surface area contributed by atoms with E-state index in [1.165, 1.54) is 19.3 Å². The maximum Gasteiger partial charge on any atom is 0.134 e. The molecule has 0 amide bonds. The number of aryl methyl sites for hydroxylation is 1. The quantitative estimate of drug-likeness (QED) is 0.844. The molecule has 94 valence electrons. The zero-order valence-corrected chi connectivity index (χ0v) is 11.2. The minimum absolute atomic E-state index is 0.563. The van der Waals surface area contributed by atoms with Crippen LogP contribution in [0.5, 0.6) is 0 Å². The van der Waals surface area contributed by atoms with Crippen molar-refractivity contribution in [1.82, 2.24) is 9.97 Å². The first kappa shape index (κ1) is 12.1. The van der Waals surface area contributed by atoms with Gasteiger partial charge in [-0.15, -0.1) is 0 Å². The number of hydrogen-bond acceptors (Lipinski definition) is 4. The first-order valence-corrected chi connectivity index (χ1v) is 6.41. The van der Waals surface area contributed by atoms with Gasteiger partial charge in [0.25, 0.3) is 0 Å². The molecular weight excluding hydrogens is 212 g/mol. The molecular formula is C13H22N4. The minimum Gasteiger partial charge on any atom is -0.373 e. The minimum atomic E-state index is 0.563. The number of rotatable bonds is 3. The van der Waals surface area contributed by atoms with Crippen LogP contribution in [0.3, 0.4) is 0 Å². The summed E-state index contributed by atoms with van der Waals surface area (Å²) in [5.74, 6) is 3.46. The molecule has 1 aromatic heterocycles. The molecule has 1 aliphatic rings. The predicted molar refractivity (Wildman–Crippen MR) is 71.5 cm³/mol. The van der Waals surface area contributed by atoms with Crippen molar-refractivity contribution in [2.75, 3.05) is 17.7 Å². The predicted octanol–water partition coefficient (Wildman–Crippen LogP) is 2.74. The van der Waals surface area contributed by atoms with Crippen LogP contribution in [0.4, 0.5) is 11.6 Å². The highest BCUT2D eigenvalue weighted by molar-refractivity contribution is 5.57. The molecule has 4 nitrogen and oxygen atoms in total. The summed E-state index contributed by atoms with van der Waals surface area (Å²) in [5.41, 5.74) is 1.11. The lowest BCUT2D eigenvalue weighted by atomic mass is 10.1. The summed E-state index contributed by atoms with van der Waals surface area (Å²) < 4.78 is 0. The SMILES string of the molecule is CNc1nc(C)nc(NC2CCCC2C)c1C. The fourth-order valence-electron chi connectivity index (χ4n) is 2.55. The van der Waals surface area contributed by atoms with Crippen molar-refractivity contribution >= 4 is 11.6 Å². The van der Waals surface area contributed by atoms with Crippen LogP contribution >= 0.6 is 0 Å². The third kappa shape index (κ3) is 2.51. The van der Waals surface area contributed by atoms with Crippen LogP contribution in [0.1, 0.15) is 37.6 Å². The average molecular weight is 234 g/mol. The van der Waals surface area contributed by atoms with Gasteiger partial charge in [-0.2, -0.15) is 0 Å². The maximum atomic E-state index is 4.52. The average Bonchev–Trinajstić information content (AvgIpc) is 2.69. The second-order valence-electron chi connectivity index (χ2n) is 5.00. The third-order valence-corrected chi connectivity index (χ3v) is 3.68. The Balaban J connectivity index is 2.22. The van der Waals surface area contributed by atoms with Crippen molar-refractivity contribution in [3.05, 3.63) is 11.4 Å². The molecule has 4 heteroatoms. The molecule has 2 atom stereocenters. The Kier molecular flexibility index (Phi) is 3.50. The third-order valence-electron chi connectivity index (χ3n) is 3.68. The van der Waals surface area contributed by atoms with Crippen molar-refractivity contribution in [3.63, 3.8) is 0 Å². The highest BCUT2D eigenvalue weighted by atomic mass is 15.1. The summed E-state index contributed by atoms with van der Waals surface area (Å²) in [6.07, 6.45) is 3.89. The molecule has 1 fully saturated rings. The molecule has 0 radical (unpaired) electrons. The first-order chi connectivity index (χ1) is 8.11. The Morgan fingerprint density at radius 3 is 2.41 bits per heavy atom. The molecule has 1 heterocycles. The standard InChI is InChI=1S/C13H22N4/c1-8-6-5-7-11(8)17-13-9(2)12(14-4)15-10(3)16-13/h8,11H,5-7H2,1-4H3,(H2,14,15,16,17). The van der Waals surface area contributed by atoms with E-state index in [0.29, 0.717) is 6.04 Å². The lowest BCUT2D eigenvalue weighted by Gasteiger charge is -2.20. The molecule has 2 N–H and O–H groups in total. The number of anilines is 2. The first-order valence-electron chi connectivity index (χ1n) is 6.41. The summed E-state index contributed by atoms with van der Waals surface area (Å²) in [6, 6.07) is 0.563. The summed E-state index contributed by atoms with van der Waals surface area (Å²) in [5, 5.41) is 6.70. The van der Waals surface area contributed by atoms with Gasteiger partial charge in [0.2, 0.25) is 0 Å². The second-order valence-corrected chi connectivity index (χ2v) is 5.00. The van der Waals surface area contributed by atoms with Gasteiger partial charge in [-0.3, -0.25) is 0 Å². The van der Waals surface area contributed by atoms with Crippen molar-refractivity contribution in [3.8, 4) is 0 Å². The van der Waals surface area contributed by atoms with Crippen LogP contribution in [-0.4, -0.2) is 23.1 Å². The van der Waals surface area contributed by atoms with Crippen molar-refractivity contribution < 1.29 is 0 Å². The molecule has 1 aliphatic carbocycles. The largest absolute Gasteiger partial charge is 0.373 e. The molecule has 2 unspecified atom stereocenters. The molecule has 0 aliphatic heterocycles. The topological polar surface area (TPSA) is 49.8 Å². The van der Waals surface area contributed by atoms with Gasteiger partial charge in [-0.1, -0.05) is 13.3 Å². The van der Waals surface area contributed by atoms with Crippen molar-refractivity contribution in [1.29, 1.82) is 0 Å². The molecule has 0 bridgehead atoms.